The molecule has 0 aliphatic heterocycles. The van der Waals surface area contributed by atoms with Gasteiger partial charge >= 0.3 is 0 Å². The first-order chi connectivity index (χ1) is 30.7. The minimum absolute atomic E-state index is 0.686. The van der Waals surface area contributed by atoms with Gasteiger partial charge in [0.2, 0.25) is 0 Å². The molecule has 0 fully saturated rings. The smallest absolute Gasteiger partial charge is 0.160 e. The van der Waals surface area contributed by atoms with Crippen molar-refractivity contribution in [3.8, 4) is 77.9 Å². The fraction of sp³-hybridized carbons (Fsp3) is 0. The molecule has 4 nitrogen and oxygen atoms in total. The minimum atomic E-state index is 0.686. The second-order valence-corrected chi connectivity index (χ2v) is 16.5. The second kappa shape index (κ2) is 14.9. The van der Waals surface area contributed by atoms with Crippen LogP contribution in [0.15, 0.2) is 217 Å². The summed E-state index contributed by atoms with van der Waals surface area (Å²) in [7, 11) is 0. The van der Waals surface area contributed by atoms with Crippen LogP contribution >= 0.6 is 11.3 Å². The molecule has 0 radical (unpaired) electrons. The normalized spacial score (nSPS) is 11.5. The molecule has 290 valence electrons. The zero-order valence-electron chi connectivity index (χ0n) is 33.4. The van der Waals surface area contributed by atoms with Crippen molar-refractivity contribution in [3.63, 3.8) is 0 Å². The minimum Gasteiger partial charge on any atom is -0.455 e. The molecule has 5 heteroatoms. The van der Waals surface area contributed by atoms with Gasteiger partial charge in [0.15, 0.2) is 5.82 Å². The molecule has 0 spiro atoms. The molecule has 8 aromatic carbocycles. The lowest BCUT2D eigenvalue weighted by Crippen LogP contribution is -1.96. The average Bonchev–Trinajstić information content (AvgIpc) is 3.95. The first kappa shape index (κ1) is 35.9. The van der Waals surface area contributed by atoms with E-state index in [0.717, 1.165) is 105 Å². The summed E-state index contributed by atoms with van der Waals surface area (Å²) in [6.07, 6.45) is 0. The lowest BCUT2D eigenvalue weighted by Gasteiger charge is -2.12. The third-order valence-corrected chi connectivity index (χ3v) is 13.0. The maximum Gasteiger partial charge on any atom is 0.160 e. The van der Waals surface area contributed by atoms with E-state index in [1.807, 2.05) is 41.7 Å². The standard InChI is InChI=1S/C57H35N3OS/c1-4-16-36(17-5-1)41-22-14-23-42(34-41)49-35-48(59-57(60-49)40-20-8-3-9-21-40)37-30-32-39(33-31-37)55-51(46-27-15-26-44-43-24-11-13-29-50(43)61-54(44)46)52-53(38-18-6-2-7-19-38)58-47-28-12-10-25-45(47)56(52)62-55/h1-35H. The predicted octanol–water partition coefficient (Wildman–Crippen LogP) is 15.8. The highest BCUT2D eigenvalue weighted by molar-refractivity contribution is 7.24. The Labute approximate surface area is 362 Å². The van der Waals surface area contributed by atoms with E-state index in [1.165, 1.54) is 10.3 Å². The predicted molar refractivity (Wildman–Crippen MR) is 258 cm³/mol. The number of hydrogen-bond acceptors (Lipinski definition) is 5. The Bertz CT molecular complexity index is 3610. The van der Waals surface area contributed by atoms with Gasteiger partial charge in [0.25, 0.3) is 0 Å². The summed E-state index contributed by atoms with van der Waals surface area (Å²) >= 11 is 1.82. The molecule has 4 heterocycles. The van der Waals surface area contributed by atoms with Crippen LogP contribution in [0.1, 0.15) is 0 Å². The molecule has 0 bridgehead atoms. The molecule has 0 aliphatic rings. The van der Waals surface area contributed by atoms with Crippen LogP contribution in [-0.4, -0.2) is 15.0 Å². The van der Waals surface area contributed by atoms with Crippen LogP contribution in [0.3, 0.4) is 0 Å². The molecule has 12 aromatic rings. The molecule has 0 saturated carbocycles. The Morgan fingerprint density at radius 2 is 0.968 bits per heavy atom. The van der Waals surface area contributed by atoms with Gasteiger partial charge in [0, 0.05) is 64.5 Å². The Balaban J connectivity index is 1.06. The summed E-state index contributed by atoms with van der Waals surface area (Å²) in [5.74, 6) is 0.686. The number of para-hydroxylation sites is 3. The molecular weight excluding hydrogens is 775 g/mol. The van der Waals surface area contributed by atoms with E-state index >= 15 is 0 Å². The molecule has 0 aliphatic carbocycles. The highest BCUT2D eigenvalue weighted by Crippen LogP contribution is 2.52. The summed E-state index contributed by atoms with van der Waals surface area (Å²) in [6.45, 7) is 0. The van der Waals surface area contributed by atoms with Crippen LogP contribution in [0.4, 0.5) is 0 Å². The first-order valence-electron chi connectivity index (χ1n) is 20.8. The number of thiophene rings is 1. The number of nitrogens with zero attached hydrogens (tertiary/aromatic N) is 3. The zero-order chi connectivity index (χ0) is 41.0. The van der Waals surface area contributed by atoms with E-state index in [0.29, 0.717) is 5.82 Å². The lowest BCUT2D eigenvalue weighted by atomic mass is 9.93. The van der Waals surface area contributed by atoms with Crippen LogP contribution in [-0.2, 0) is 0 Å². The molecule has 62 heavy (non-hydrogen) atoms. The van der Waals surface area contributed by atoms with E-state index < -0.39 is 0 Å². The van der Waals surface area contributed by atoms with Gasteiger partial charge in [-0.25, -0.2) is 15.0 Å². The summed E-state index contributed by atoms with van der Waals surface area (Å²) in [4.78, 5) is 16.9. The van der Waals surface area contributed by atoms with Gasteiger partial charge in [-0.1, -0.05) is 188 Å². The SMILES string of the molecule is c1ccc(-c2cccc(-c3cc(-c4ccc(-c5sc6c(c(-c7ccccc7)nc7ccccc76)c5-c5cccc6c5oc5ccccc56)cc4)nc(-c4ccccc4)n3)c2)cc1. The van der Waals surface area contributed by atoms with E-state index in [9.17, 15) is 0 Å². The van der Waals surface area contributed by atoms with Crippen molar-refractivity contribution in [3.05, 3.63) is 212 Å². The van der Waals surface area contributed by atoms with Gasteiger partial charge in [-0.05, 0) is 41.0 Å². The Hall–Kier alpha value is -7.99. The van der Waals surface area contributed by atoms with Crippen LogP contribution in [0.25, 0.3) is 121 Å². The Kier molecular flexibility index (Phi) is 8.65. The highest BCUT2D eigenvalue weighted by atomic mass is 32.1. The van der Waals surface area contributed by atoms with Gasteiger partial charge < -0.3 is 4.42 Å². The number of furan rings is 1. The van der Waals surface area contributed by atoms with E-state index in [1.54, 1.807) is 0 Å². The monoisotopic (exact) mass is 809 g/mol. The quantitative estimate of drug-likeness (QED) is 0.161. The number of fused-ring (bicyclic) bond motifs is 6. The molecule has 0 amide bonds. The molecule has 0 atom stereocenters. The average molecular weight is 810 g/mol. The number of hydrogen-bond donors (Lipinski definition) is 0. The van der Waals surface area contributed by atoms with Crippen molar-refractivity contribution in [2.24, 2.45) is 0 Å². The fourth-order valence-electron chi connectivity index (χ4n) is 8.74. The third kappa shape index (κ3) is 6.18. The molecular formula is C57H35N3OS. The van der Waals surface area contributed by atoms with Gasteiger partial charge in [-0.15, -0.1) is 11.3 Å². The summed E-state index contributed by atoms with van der Waals surface area (Å²) < 4.78 is 7.95. The van der Waals surface area contributed by atoms with Gasteiger partial charge in [-0.2, -0.15) is 0 Å². The Morgan fingerprint density at radius 3 is 1.74 bits per heavy atom. The van der Waals surface area contributed by atoms with E-state index in [2.05, 4.69) is 182 Å². The highest BCUT2D eigenvalue weighted by Gasteiger charge is 2.25. The number of aromatic nitrogens is 3. The van der Waals surface area contributed by atoms with Gasteiger partial charge in [-0.3, -0.25) is 0 Å². The van der Waals surface area contributed by atoms with Crippen LogP contribution < -0.4 is 0 Å². The van der Waals surface area contributed by atoms with E-state index in [-0.39, 0.29) is 0 Å². The van der Waals surface area contributed by atoms with Gasteiger partial charge in [0.05, 0.1) is 22.6 Å². The summed E-state index contributed by atoms with van der Waals surface area (Å²) in [5.41, 5.74) is 15.1. The Morgan fingerprint density at radius 1 is 0.387 bits per heavy atom. The van der Waals surface area contributed by atoms with Crippen molar-refractivity contribution < 1.29 is 4.42 Å². The summed E-state index contributed by atoms with van der Waals surface area (Å²) in [5, 5.41) is 4.45. The molecule has 12 rings (SSSR count). The zero-order valence-corrected chi connectivity index (χ0v) is 34.2. The molecule has 4 aromatic heterocycles. The lowest BCUT2D eigenvalue weighted by molar-refractivity contribution is 0.670. The first-order valence-corrected chi connectivity index (χ1v) is 21.6. The van der Waals surface area contributed by atoms with Crippen molar-refractivity contribution in [2.45, 2.75) is 0 Å². The second-order valence-electron chi connectivity index (χ2n) is 15.5. The van der Waals surface area contributed by atoms with Crippen molar-refractivity contribution >= 4 is 54.3 Å². The number of rotatable bonds is 7. The topological polar surface area (TPSA) is 51.8 Å². The largest absolute Gasteiger partial charge is 0.455 e. The maximum atomic E-state index is 6.75. The van der Waals surface area contributed by atoms with Crippen LogP contribution in [0.5, 0.6) is 0 Å². The number of pyridine rings is 1. The molecule has 0 saturated heterocycles. The number of benzene rings is 8. The van der Waals surface area contributed by atoms with Crippen molar-refractivity contribution in [1.29, 1.82) is 0 Å². The van der Waals surface area contributed by atoms with Crippen molar-refractivity contribution in [1.82, 2.24) is 15.0 Å². The molecule has 0 N–H and O–H groups in total. The fourth-order valence-corrected chi connectivity index (χ4v) is 10.1. The van der Waals surface area contributed by atoms with Gasteiger partial charge in [0.1, 0.15) is 11.2 Å². The van der Waals surface area contributed by atoms with Crippen LogP contribution in [0, 0.1) is 0 Å². The maximum absolute atomic E-state index is 6.75. The van der Waals surface area contributed by atoms with Crippen molar-refractivity contribution in [2.75, 3.05) is 0 Å². The van der Waals surface area contributed by atoms with E-state index in [4.69, 9.17) is 19.4 Å². The van der Waals surface area contributed by atoms with Crippen LogP contribution in [0.2, 0.25) is 0 Å². The molecule has 0 unspecified atom stereocenters. The third-order valence-electron chi connectivity index (χ3n) is 11.7. The summed E-state index contributed by atoms with van der Waals surface area (Å²) in [6, 6.07) is 74.1.